The molecule has 1 aliphatic heterocycles. The SMILES string of the molecule is O=S(=O)(O)CCC1COc2cscc2O1.[H-].[Na+]. The minimum absolute atomic E-state index is 0. The van der Waals surface area contributed by atoms with Gasteiger partial charge in [0.05, 0.1) is 5.75 Å². The summed E-state index contributed by atoms with van der Waals surface area (Å²) in [4.78, 5) is 0. The van der Waals surface area contributed by atoms with Gasteiger partial charge in [-0.2, -0.15) is 8.42 Å². The van der Waals surface area contributed by atoms with Crippen molar-refractivity contribution in [2.45, 2.75) is 12.5 Å². The normalized spacial score (nSPS) is 18.9. The van der Waals surface area contributed by atoms with Gasteiger partial charge in [0, 0.05) is 17.2 Å². The summed E-state index contributed by atoms with van der Waals surface area (Å²) in [7, 11) is -3.92. The van der Waals surface area contributed by atoms with E-state index >= 15 is 0 Å². The molecule has 0 fully saturated rings. The Hall–Kier alpha value is 0.210. The van der Waals surface area contributed by atoms with Crippen molar-refractivity contribution in [2.24, 2.45) is 0 Å². The van der Waals surface area contributed by atoms with Crippen LogP contribution in [0.1, 0.15) is 7.85 Å². The molecule has 0 bridgehead atoms. The maximum Gasteiger partial charge on any atom is 1.00 e. The molecular formula is C8H11NaO5S2. The number of ether oxygens (including phenoxy) is 2. The second-order valence-electron chi connectivity index (χ2n) is 3.23. The Bertz CT molecular complexity index is 447. The summed E-state index contributed by atoms with van der Waals surface area (Å²) in [5.74, 6) is 1.04. The van der Waals surface area contributed by atoms with Gasteiger partial charge in [-0.05, 0) is 0 Å². The summed E-state index contributed by atoms with van der Waals surface area (Å²) in [5, 5.41) is 3.63. The van der Waals surface area contributed by atoms with E-state index < -0.39 is 10.1 Å². The van der Waals surface area contributed by atoms with Gasteiger partial charge in [-0.3, -0.25) is 4.55 Å². The molecule has 0 saturated carbocycles. The van der Waals surface area contributed by atoms with Crippen molar-refractivity contribution in [3.8, 4) is 11.5 Å². The van der Waals surface area contributed by atoms with Crippen molar-refractivity contribution < 1.29 is 53.4 Å². The molecule has 0 aliphatic carbocycles. The van der Waals surface area contributed by atoms with E-state index in [1.807, 2.05) is 5.38 Å². The van der Waals surface area contributed by atoms with Crippen molar-refractivity contribution in [2.75, 3.05) is 12.4 Å². The average molecular weight is 274 g/mol. The van der Waals surface area contributed by atoms with Crippen LogP contribution in [0.3, 0.4) is 0 Å². The third-order valence-electron chi connectivity index (χ3n) is 2.01. The summed E-state index contributed by atoms with van der Waals surface area (Å²) in [6.45, 7) is 0.319. The van der Waals surface area contributed by atoms with E-state index in [0.717, 1.165) is 0 Å². The second kappa shape index (κ2) is 5.70. The Kier molecular flexibility index (Phi) is 5.09. The van der Waals surface area contributed by atoms with E-state index in [1.165, 1.54) is 11.3 Å². The van der Waals surface area contributed by atoms with E-state index in [0.29, 0.717) is 18.1 Å². The molecule has 1 aliphatic rings. The Morgan fingerprint density at radius 3 is 2.88 bits per heavy atom. The predicted octanol–water partition coefficient (Wildman–Crippen LogP) is -1.72. The molecule has 5 nitrogen and oxygen atoms in total. The van der Waals surface area contributed by atoms with Gasteiger partial charge in [-0.25, -0.2) is 0 Å². The Balaban J connectivity index is 0.00000128. The standard InChI is InChI=1S/C8H10O5S2.Na.H/c9-15(10,11)2-1-6-3-12-7-4-14-5-8(7)13-6;;/h4-6H,1-3H2,(H,9,10,11);;/q;+1;-1. The number of thiophene rings is 1. The molecule has 0 aromatic carbocycles. The average Bonchev–Trinajstić information content (AvgIpc) is 2.60. The van der Waals surface area contributed by atoms with Gasteiger partial charge in [0.1, 0.15) is 12.7 Å². The smallest absolute Gasteiger partial charge is 1.00 e. The van der Waals surface area contributed by atoms with Crippen molar-refractivity contribution in [1.82, 2.24) is 0 Å². The fourth-order valence-electron chi connectivity index (χ4n) is 1.28. The number of rotatable bonds is 3. The Morgan fingerprint density at radius 1 is 1.50 bits per heavy atom. The van der Waals surface area contributed by atoms with Gasteiger partial charge in [0.15, 0.2) is 11.5 Å². The van der Waals surface area contributed by atoms with Crippen LogP contribution in [0.5, 0.6) is 11.5 Å². The topological polar surface area (TPSA) is 72.8 Å². The predicted molar refractivity (Wildman–Crippen MR) is 56.4 cm³/mol. The van der Waals surface area contributed by atoms with Crippen LogP contribution < -0.4 is 39.0 Å². The molecule has 16 heavy (non-hydrogen) atoms. The van der Waals surface area contributed by atoms with Gasteiger partial charge in [0.2, 0.25) is 0 Å². The van der Waals surface area contributed by atoms with Crippen LogP contribution >= 0.6 is 11.3 Å². The molecule has 1 unspecified atom stereocenters. The van der Waals surface area contributed by atoms with Gasteiger partial charge in [0.25, 0.3) is 10.1 Å². The van der Waals surface area contributed by atoms with E-state index in [-0.39, 0.29) is 49.3 Å². The first-order valence-corrected chi connectivity index (χ1v) is 6.90. The Morgan fingerprint density at radius 2 is 2.19 bits per heavy atom. The third-order valence-corrected chi connectivity index (χ3v) is 3.46. The van der Waals surface area contributed by atoms with Crippen LogP contribution in [0.25, 0.3) is 0 Å². The fraction of sp³-hybridized carbons (Fsp3) is 0.500. The first kappa shape index (κ1) is 14.3. The number of hydrogen-bond donors (Lipinski definition) is 1. The minimum atomic E-state index is -3.92. The summed E-state index contributed by atoms with van der Waals surface area (Å²) in [6.07, 6.45) is -0.0808. The van der Waals surface area contributed by atoms with E-state index in [2.05, 4.69) is 0 Å². The number of fused-ring (bicyclic) bond motifs is 1. The monoisotopic (exact) mass is 274 g/mol. The Labute approximate surface area is 121 Å². The van der Waals surface area contributed by atoms with Crippen molar-refractivity contribution >= 4 is 21.5 Å². The van der Waals surface area contributed by atoms with Crippen molar-refractivity contribution in [3.05, 3.63) is 10.8 Å². The molecule has 0 saturated heterocycles. The largest absolute Gasteiger partial charge is 1.00 e. The summed E-state index contributed by atoms with van der Waals surface area (Å²) in [5.41, 5.74) is 0. The van der Waals surface area contributed by atoms with Gasteiger partial charge in [-0.1, -0.05) is 0 Å². The molecular weight excluding hydrogens is 263 g/mol. The zero-order chi connectivity index (χ0) is 10.9. The van der Waals surface area contributed by atoms with Crippen LogP contribution in [0, 0.1) is 0 Å². The van der Waals surface area contributed by atoms with E-state index in [4.69, 9.17) is 14.0 Å². The summed E-state index contributed by atoms with van der Waals surface area (Å²) in [6, 6.07) is 0. The third kappa shape index (κ3) is 3.90. The summed E-state index contributed by atoms with van der Waals surface area (Å²) >= 11 is 1.46. The fourth-order valence-corrected chi connectivity index (χ4v) is 2.52. The van der Waals surface area contributed by atoms with Crippen molar-refractivity contribution in [1.29, 1.82) is 0 Å². The van der Waals surface area contributed by atoms with Gasteiger partial charge < -0.3 is 10.9 Å². The molecule has 1 aromatic rings. The van der Waals surface area contributed by atoms with Crippen LogP contribution in [0.2, 0.25) is 0 Å². The van der Waals surface area contributed by atoms with Crippen molar-refractivity contribution in [3.63, 3.8) is 0 Å². The van der Waals surface area contributed by atoms with Gasteiger partial charge >= 0.3 is 29.6 Å². The molecule has 0 radical (unpaired) electrons. The van der Waals surface area contributed by atoms with Gasteiger partial charge in [-0.15, -0.1) is 11.3 Å². The molecule has 2 rings (SSSR count). The molecule has 2 heterocycles. The first-order valence-electron chi connectivity index (χ1n) is 4.35. The molecule has 0 spiro atoms. The molecule has 0 amide bonds. The maximum atomic E-state index is 10.5. The molecule has 86 valence electrons. The molecule has 1 N–H and O–H groups in total. The van der Waals surface area contributed by atoms with E-state index in [1.54, 1.807) is 5.38 Å². The van der Waals surface area contributed by atoms with E-state index in [9.17, 15) is 8.42 Å². The molecule has 1 aromatic heterocycles. The van der Waals surface area contributed by atoms with Crippen LogP contribution in [0.15, 0.2) is 10.8 Å². The maximum absolute atomic E-state index is 10.5. The van der Waals surface area contributed by atoms with Crippen LogP contribution in [-0.2, 0) is 10.1 Å². The molecule has 1 atom stereocenters. The van der Waals surface area contributed by atoms with Crippen LogP contribution in [0.4, 0.5) is 0 Å². The first-order chi connectivity index (χ1) is 7.04. The second-order valence-corrected chi connectivity index (χ2v) is 5.54. The quantitative estimate of drug-likeness (QED) is 0.524. The van der Waals surface area contributed by atoms with Crippen LogP contribution in [-0.4, -0.2) is 31.4 Å². The zero-order valence-electron chi connectivity index (χ0n) is 9.75. The zero-order valence-corrected chi connectivity index (χ0v) is 12.4. The molecule has 8 heteroatoms. The number of hydrogen-bond acceptors (Lipinski definition) is 5. The minimum Gasteiger partial charge on any atom is -1.00 e. The summed E-state index contributed by atoms with van der Waals surface area (Å²) < 4.78 is 40.5.